The van der Waals surface area contributed by atoms with E-state index in [0.29, 0.717) is 24.9 Å². The maximum absolute atomic E-state index is 12.0. The molecule has 1 aromatic rings. The Balaban J connectivity index is 1.44. The van der Waals surface area contributed by atoms with E-state index < -0.39 is 0 Å². The molecule has 3 aliphatic carbocycles. The van der Waals surface area contributed by atoms with E-state index in [9.17, 15) is 4.79 Å². The highest BCUT2D eigenvalue weighted by Crippen LogP contribution is 2.66. The number of aryl methyl sites for hydroxylation is 1. The van der Waals surface area contributed by atoms with Gasteiger partial charge < -0.3 is 4.74 Å². The first-order valence-corrected chi connectivity index (χ1v) is 11.6. The van der Waals surface area contributed by atoms with Crippen molar-refractivity contribution in [2.45, 2.75) is 72.1 Å². The lowest BCUT2D eigenvalue weighted by Crippen LogP contribution is -2.51. The third-order valence-corrected chi connectivity index (χ3v) is 9.28. The predicted molar refractivity (Wildman–Crippen MR) is 113 cm³/mol. The number of allylic oxidation sites excluding steroid dienone is 2. The van der Waals surface area contributed by atoms with E-state index in [1.165, 1.54) is 37.7 Å². The molecule has 2 heterocycles. The minimum absolute atomic E-state index is 0.0111. The summed E-state index contributed by atoms with van der Waals surface area (Å²) < 4.78 is 5.56. The SMILES string of the molecule is CCc1cncc(C2=CCC3[C@@H]4CCC5COC(=O)CC[C@]5(C)C4CC[C@]23C)n1. The number of hydrogen-bond acceptors (Lipinski definition) is 4. The van der Waals surface area contributed by atoms with Crippen LogP contribution >= 0.6 is 0 Å². The smallest absolute Gasteiger partial charge is 0.305 e. The van der Waals surface area contributed by atoms with Gasteiger partial charge in [0.15, 0.2) is 0 Å². The summed E-state index contributed by atoms with van der Waals surface area (Å²) in [5.74, 6) is 2.72. The first-order chi connectivity index (χ1) is 14.0. The average molecular weight is 395 g/mol. The summed E-state index contributed by atoms with van der Waals surface area (Å²) in [4.78, 5) is 21.4. The summed E-state index contributed by atoms with van der Waals surface area (Å²) >= 11 is 0. The minimum atomic E-state index is 0.0111. The zero-order chi connectivity index (χ0) is 20.2. The molecule has 156 valence electrons. The maximum Gasteiger partial charge on any atom is 0.305 e. The van der Waals surface area contributed by atoms with Crippen LogP contribution in [-0.4, -0.2) is 22.5 Å². The molecule has 4 aliphatic rings. The van der Waals surface area contributed by atoms with E-state index in [1.54, 1.807) is 0 Å². The van der Waals surface area contributed by atoms with Gasteiger partial charge in [-0.2, -0.15) is 0 Å². The third kappa shape index (κ3) is 2.89. The summed E-state index contributed by atoms with van der Waals surface area (Å²) in [6.07, 6.45) is 15.0. The normalized spacial score (nSPS) is 41.5. The Hall–Kier alpha value is -1.71. The Bertz CT molecular complexity index is 849. The quantitative estimate of drug-likeness (QED) is 0.645. The second-order valence-corrected chi connectivity index (χ2v) is 10.4. The number of rotatable bonds is 2. The first kappa shape index (κ1) is 19.3. The second-order valence-electron chi connectivity index (χ2n) is 10.4. The topological polar surface area (TPSA) is 52.1 Å². The van der Waals surface area contributed by atoms with Crippen LogP contribution in [0.5, 0.6) is 0 Å². The Kier molecular flexibility index (Phi) is 4.60. The van der Waals surface area contributed by atoms with Crippen LogP contribution in [0.3, 0.4) is 0 Å². The zero-order valence-electron chi connectivity index (χ0n) is 18.1. The minimum Gasteiger partial charge on any atom is -0.465 e. The highest BCUT2D eigenvalue weighted by atomic mass is 16.5. The lowest BCUT2D eigenvalue weighted by atomic mass is 9.46. The lowest BCUT2D eigenvalue weighted by Gasteiger charge is -2.58. The molecule has 1 aromatic heterocycles. The van der Waals surface area contributed by atoms with Crippen LogP contribution in [0.25, 0.3) is 5.57 Å². The number of nitrogens with zero attached hydrogens (tertiary/aromatic N) is 2. The number of hydrogen-bond donors (Lipinski definition) is 0. The van der Waals surface area contributed by atoms with Crippen LogP contribution in [-0.2, 0) is 16.0 Å². The van der Waals surface area contributed by atoms with Gasteiger partial charge in [0.25, 0.3) is 0 Å². The van der Waals surface area contributed by atoms with Gasteiger partial charge in [0, 0.05) is 12.6 Å². The Morgan fingerprint density at radius 1 is 1.14 bits per heavy atom. The zero-order valence-corrected chi connectivity index (χ0v) is 18.1. The molecule has 1 saturated heterocycles. The van der Waals surface area contributed by atoms with Crippen molar-refractivity contribution in [2.75, 3.05) is 6.61 Å². The number of aromatic nitrogens is 2. The van der Waals surface area contributed by atoms with E-state index in [4.69, 9.17) is 9.72 Å². The van der Waals surface area contributed by atoms with Crippen LogP contribution in [0.15, 0.2) is 18.5 Å². The predicted octanol–water partition coefficient (Wildman–Crippen LogP) is 5.23. The molecular formula is C25H34N2O2. The molecule has 29 heavy (non-hydrogen) atoms. The van der Waals surface area contributed by atoms with E-state index in [2.05, 4.69) is 31.8 Å². The van der Waals surface area contributed by atoms with Crippen LogP contribution in [0.1, 0.15) is 77.1 Å². The number of carbonyl (C=O) groups excluding carboxylic acids is 1. The van der Waals surface area contributed by atoms with Gasteiger partial charge in [0.2, 0.25) is 0 Å². The monoisotopic (exact) mass is 394 g/mol. The van der Waals surface area contributed by atoms with Crippen molar-refractivity contribution in [2.24, 2.45) is 34.5 Å². The molecule has 0 amide bonds. The first-order valence-electron chi connectivity index (χ1n) is 11.6. The summed E-state index contributed by atoms with van der Waals surface area (Å²) in [6.45, 7) is 7.75. The molecule has 6 atom stereocenters. The molecule has 0 bridgehead atoms. The average Bonchev–Trinajstić information content (AvgIpc) is 3.01. The molecule has 1 aliphatic heterocycles. The molecule has 4 nitrogen and oxygen atoms in total. The summed E-state index contributed by atoms with van der Waals surface area (Å²) in [5, 5.41) is 0. The van der Waals surface area contributed by atoms with Crippen LogP contribution in [0.4, 0.5) is 0 Å². The van der Waals surface area contributed by atoms with Crippen molar-refractivity contribution in [3.63, 3.8) is 0 Å². The molecule has 3 unspecified atom stereocenters. The van der Waals surface area contributed by atoms with Gasteiger partial charge in [-0.15, -0.1) is 0 Å². The number of esters is 1. The Labute approximate surface area is 174 Å². The van der Waals surface area contributed by atoms with Gasteiger partial charge in [-0.25, -0.2) is 4.98 Å². The van der Waals surface area contributed by atoms with Crippen LogP contribution in [0, 0.1) is 34.5 Å². The summed E-state index contributed by atoms with van der Waals surface area (Å²) in [6, 6.07) is 0. The molecule has 0 radical (unpaired) electrons. The fourth-order valence-electron chi connectivity index (χ4n) is 7.51. The van der Waals surface area contributed by atoms with Crippen molar-refractivity contribution in [3.8, 4) is 0 Å². The highest BCUT2D eigenvalue weighted by Gasteiger charge is 2.58. The van der Waals surface area contributed by atoms with Gasteiger partial charge in [0.05, 0.1) is 24.2 Å². The van der Waals surface area contributed by atoms with Gasteiger partial charge in [-0.05, 0) is 85.0 Å². The molecule has 5 rings (SSSR count). The second kappa shape index (κ2) is 6.92. The van der Waals surface area contributed by atoms with E-state index in [0.717, 1.165) is 36.1 Å². The van der Waals surface area contributed by atoms with Crippen LogP contribution < -0.4 is 0 Å². The molecular weight excluding hydrogens is 360 g/mol. The Morgan fingerprint density at radius 2 is 2.00 bits per heavy atom. The summed E-state index contributed by atoms with van der Waals surface area (Å²) in [7, 11) is 0. The number of cyclic esters (lactones) is 1. The lowest BCUT2D eigenvalue weighted by molar-refractivity contribution is -0.144. The van der Waals surface area contributed by atoms with E-state index >= 15 is 0 Å². The molecule has 0 spiro atoms. The van der Waals surface area contributed by atoms with Crippen molar-refractivity contribution in [1.29, 1.82) is 0 Å². The molecule has 4 heteroatoms. The van der Waals surface area contributed by atoms with E-state index in [-0.39, 0.29) is 16.8 Å². The van der Waals surface area contributed by atoms with Crippen molar-refractivity contribution >= 4 is 11.5 Å². The third-order valence-electron chi connectivity index (χ3n) is 9.28. The van der Waals surface area contributed by atoms with Gasteiger partial charge in [0.1, 0.15) is 0 Å². The molecule has 2 saturated carbocycles. The Morgan fingerprint density at radius 3 is 2.83 bits per heavy atom. The van der Waals surface area contributed by atoms with E-state index in [1.807, 2.05) is 12.4 Å². The van der Waals surface area contributed by atoms with Crippen molar-refractivity contribution in [3.05, 3.63) is 29.9 Å². The summed E-state index contributed by atoms with van der Waals surface area (Å²) in [5.41, 5.74) is 4.08. The van der Waals surface area contributed by atoms with Gasteiger partial charge in [-0.1, -0.05) is 26.8 Å². The van der Waals surface area contributed by atoms with Gasteiger partial charge in [-0.3, -0.25) is 9.78 Å². The molecule has 3 fully saturated rings. The fraction of sp³-hybridized carbons (Fsp3) is 0.720. The maximum atomic E-state index is 12.0. The van der Waals surface area contributed by atoms with Crippen molar-refractivity contribution < 1.29 is 9.53 Å². The molecule has 0 aromatic carbocycles. The molecule has 0 N–H and O–H groups in total. The standard InChI is InChI=1S/C25H34N2O2/c1-4-17-13-26-14-22(27-17)21-8-7-19-18-6-5-16-15-29-23(28)10-12-24(16,2)20(18)9-11-25(19,21)3/h8,13-14,16,18-20H,4-7,9-12,15H2,1-3H3/t16?,18-,19?,20?,24-,25-/m0/s1. The van der Waals surface area contributed by atoms with Crippen LogP contribution in [0.2, 0.25) is 0 Å². The van der Waals surface area contributed by atoms with Crippen molar-refractivity contribution in [1.82, 2.24) is 9.97 Å². The fourth-order valence-corrected chi connectivity index (χ4v) is 7.51. The largest absolute Gasteiger partial charge is 0.465 e. The number of fused-ring (bicyclic) bond motifs is 5. The highest BCUT2D eigenvalue weighted by molar-refractivity contribution is 5.70. The number of ether oxygens (including phenoxy) is 1. The van der Waals surface area contributed by atoms with Gasteiger partial charge >= 0.3 is 5.97 Å². The number of carbonyl (C=O) groups is 1.